The number of hydrogen-bond acceptors (Lipinski definition) is 1. The van der Waals surface area contributed by atoms with E-state index in [1.54, 1.807) is 0 Å². The van der Waals surface area contributed by atoms with Crippen LogP contribution in [0.25, 0.3) is 0 Å². The van der Waals surface area contributed by atoms with Gasteiger partial charge in [-0.3, -0.25) is 0 Å². The molecule has 0 spiro atoms. The second-order valence-electron chi connectivity index (χ2n) is 4.67. The van der Waals surface area contributed by atoms with Crippen LogP contribution in [0.1, 0.15) is 36.8 Å². The third-order valence-electron chi connectivity index (χ3n) is 3.32. The Kier molecular flexibility index (Phi) is 3.79. The molecule has 0 saturated heterocycles. The zero-order valence-corrected chi connectivity index (χ0v) is 9.63. The van der Waals surface area contributed by atoms with Gasteiger partial charge in [0.05, 0.1) is 0 Å². The molecule has 0 radical (unpaired) electrons. The number of aryl methyl sites for hydroxylation is 1. The molecule has 1 aromatic rings. The number of rotatable bonds is 4. The highest BCUT2D eigenvalue weighted by Crippen LogP contribution is 2.17. The predicted molar refractivity (Wildman–Crippen MR) is 65.1 cm³/mol. The van der Waals surface area contributed by atoms with Crippen molar-refractivity contribution in [1.82, 2.24) is 5.32 Å². The Morgan fingerprint density at radius 2 is 1.80 bits per heavy atom. The fraction of sp³-hybridized carbons (Fsp3) is 0.571. The fourth-order valence-corrected chi connectivity index (χ4v) is 2.31. The monoisotopic (exact) mass is 203 g/mol. The molecule has 15 heavy (non-hydrogen) atoms. The summed E-state index contributed by atoms with van der Waals surface area (Å²) in [7, 11) is 0. The Morgan fingerprint density at radius 1 is 1.13 bits per heavy atom. The number of nitrogens with one attached hydrogen (secondary N) is 1. The van der Waals surface area contributed by atoms with E-state index in [0.29, 0.717) is 0 Å². The highest BCUT2D eigenvalue weighted by Gasteiger charge is 2.13. The first-order valence-electron chi connectivity index (χ1n) is 6.13. The van der Waals surface area contributed by atoms with Crippen molar-refractivity contribution >= 4 is 0 Å². The molecule has 1 nitrogen and oxygen atoms in total. The molecule has 0 heterocycles. The van der Waals surface area contributed by atoms with Gasteiger partial charge in [-0.25, -0.2) is 0 Å². The molecule has 1 fully saturated rings. The first-order valence-corrected chi connectivity index (χ1v) is 6.13. The van der Waals surface area contributed by atoms with Crippen LogP contribution in [0.3, 0.4) is 0 Å². The normalized spacial score (nSPS) is 17.1. The lowest BCUT2D eigenvalue weighted by atomic mass is 10.1. The van der Waals surface area contributed by atoms with Crippen molar-refractivity contribution in [3.05, 3.63) is 35.4 Å². The minimum Gasteiger partial charge on any atom is -0.314 e. The smallest absolute Gasteiger partial charge is 0.00671 e. The SMILES string of the molecule is Cc1ccc(CCNC2CCCC2)cc1. The van der Waals surface area contributed by atoms with Crippen LogP contribution in [0, 0.1) is 6.92 Å². The maximum Gasteiger partial charge on any atom is 0.00671 e. The lowest BCUT2D eigenvalue weighted by Crippen LogP contribution is -2.27. The van der Waals surface area contributed by atoms with Gasteiger partial charge in [0, 0.05) is 6.04 Å². The molecular formula is C14H21N. The van der Waals surface area contributed by atoms with Gasteiger partial charge in [0.15, 0.2) is 0 Å². The van der Waals surface area contributed by atoms with Crippen LogP contribution in [-0.4, -0.2) is 12.6 Å². The standard InChI is InChI=1S/C14H21N/c1-12-6-8-13(9-7-12)10-11-15-14-4-2-3-5-14/h6-9,14-15H,2-5,10-11H2,1H3. The highest BCUT2D eigenvalue weighted by molar-refractivity contribution is 5.21. The maximum absolute atomic E-state index is 3.64. The van der Waals surface area contributed by atoms with Crippen molar-refractivity contribution in [2.45, 2.75) is 45.1 Å². The molecular weight excluding hydrogens is 182 g/mol. The minimum absolute atomic E-state index is 0.801. The molecule has 1 saturated carbocycles. The van der Waals surface area contributed by atoms with Crippen LogP contribution in [-0.2, 0) is 6.42 Å². The molecule has 0 bridgehead atoms. The quantitative estimate of drug-likeness (QED) is 0.793. The summed E-state index contributed by atoms with van der Waals surface area (Å²) in [5.41, 5.74) is 2.80. The Balaban J connectivity index is 1.71. The van der Waals surface area contributed by atoms with Crippen molar-refractivity contribution in [2.24, 2.45) is 0 Å². The highest BCUT2D eigenvalue weighted by atomic mass is 14.9. The Bertz CT molecular complexity index is 283. The number of hydrogen-bond donors (Lipinski definition) is 1. The molecule has 1 aliphatic rings. The van der Waals surface area contributed by atoms with E-state index in [-0.39, 0.29) is 0 Å². The predicted octanol–water partition coefficient (Wildman–Crippen LogP) is 3.07. The van der Waals surface area contributed by atoms with Crippen LogP contribution < -0.4 is 5.32 Å². The average molecular weight is 203 g/mol. The van der Waals surface area contributed by atoms with Gasteiger partial charge in [0.25, 0.3) is 0 Å². The van der Waals surface area contributed by atoms with Crippen molar-refractivity contribution in [3.8, 4) is 0 Å². The summed E-state index contributed by atoms with van der Waals surface area (Å²) in [6.45, 7) is 3.27. The van der Waals surface area contributed by atoms with Crippen LogP contribution in [0.5, 0.6) is 0 Å². The van der Waals surface area contributed by atoms with E-state index < -0.39 is 0 Å². The van der Waals surface area contributed by atoms with Gasteiger partial charge in [-0.2, -0.15) is 0 Å². The molecule has 0 unspecified atom stereocenters. The van der Waals surface area contributed by atoms with E-state index in [4.69, 9.17) is 0 Å². The van der Waals surface area contributed by atoms with E-state index in [1.165, 1.54) is 36.8 Å². The van der Waals surface area contributed by atoms with Gasteiger partial charge >= 0.3 is 0 Å². The van der Waals surface area contributed by atoms with Gasteiger partial charge in [-0.05, 0) is 38.3 Å². The summed E-state index contributed by atoms with van der Waals surface area (Å²) in [5.74, 6) is 0. The summed E-state index contributed by atoms with van der Waals surface area (Å²) in [5, 5.41) is 3.64. The lowest BCUT2D eigenvalue weighted by molar-refractivity contribution is 0.528. The Hall–Kier alpha value is -0.820. The molecule has 1 aliphatic carbocycles. The first-order chi connectivity index (χ1) is 7.34. The van der Waals surface area contributed by atoms with Gasteiger partial charge in [0.1, 0.15) is 0 Å². The fourth-order valence-electron chi connectivity index (χ4n) is 2.31. The molecule has 0 atom stereocenters. The van der Waals surface area contributed by atoms with E-state index in [9.17, 15) is 0 Å². The largest absolute Gasteiger partial charge is 0.314 e. The van der Waals surface area contributed by atoms with Gasteiger partial charge in [-0.15, -0.1) is 0 Å². The van der Waals surface area contributed by atoms with Gasteiger partial charge in [-0.1, -0.05) is 42.7 Å². The van der Waals surface area contributed by atoms with Crippen molar-refractivity contribution in [3.63, 3.8) is 0 Å². The zero-order valence-electron chi connectivity index (χ0n) is 9.63. The van der Waals surface area contributed by atoms with Crippen molar-refractivity contribution in [1.29, 1.82) is 0 Å². The van der Waals surface area contributed by atoms with E-state index >= 15 is 0 Å². The zero-order chi connectivity index (χ0) is 10.5. The lowest BCUT2D eigenvalue weighted by Gasteiger charge is -2.11. The van der Waals surface area contributed by atoms with E-state index in [1.807, 2.05) is 0 Å². The second-order valence-corrected chi connectivity index (χ2v) is 4.67. The minimum atomic E-state index is 0.801. The summed E-state index contributed by atoms with van der Waals surface area (Å²) < 4.78 is 0. The summed E-state index contributed by atoms with van der Waals surface area (Å²) in [4.78, 5) is 0. The third-order valence-corrected chi connectivity index (χ3v) is 3.32. The summed E-state index contributed by atoms with van der Waals surface area (Å²) in [6, 6.07) is 9.68. The van der Waals surface area contributed by atoms with Crippen LogP contribution in [0.4, 0.5) is 0 Å². The average Bonchev–Trinajstić information content (AvgIpc) is 2.74. The molecule has 2 rings (SSSR count). The molecule has 1 aromatic carbocycles. The molecule has 0 amide bonds. The summed E-state index contributed by atoms with van der Waals surface area (Å²) >= 11 is 0. The van der Waals surface area contributed by atoms with Crippen molar-refractivity contribution < 1.29 is 0 Å². The van der Waals surface area contributed by atoms with Gasteiger partial charge < -0.3 is 5.32 Å². The first kappa shape index (κ1) is 10.7. The molecule has 82 valence electrons. The number of benzene rings is 1. The van der Waals surface area contributed by atoms with Crippen LogP contribution in [0.2, 0.25) is 0 Å². The topological polar surface area (TPSA) is 12.0 Å². The summed E-state index contributed by atoms with van der Waals surface area (Å²) in [6.07, 6.45) is 6.77. The molecule has 1 heteroatoms. The van der Waals surface area contributed by atoms with Crippen molar-refractivity contribution in [2.75, 3.05) is 6.54 Å². The maximum atomic E-state index is 3.64. The van der Waals surface area contributed by atoms with E-state index in [2.05, 4.69) is 36.5 Å². The second kappa shape index (κ2) is 5.32. The molecule has 1 N–H and O–H groups in total. The van der Waals surface area contributed by atoms with Crippen LogP contribution in [0.15, 0.2) is 24.3 Å². The van der Waals surface area contributed by atoms with E-state index in [0.717, 1.165) is 19.0 Å². The third kappa shape index (κ3) is 3.35. The van der Waals surface area contributed by atoms with Crippen LogP contribution >= 0.6 is 0 Å². The Morgan fingerprint density at radius 3 is 2.47 bits per heavy atom. The molecule has 0 aromatic heterocycles. The Labute approximate surface area is 92.9 Å². The molecule has 0 aliphatic heterocycles. The van der Waals surface area contributed by atoms with Gasteiger partial charge in [0.2, 0.25) is 0 Å².